The molecule has 5 rings (SSSR count). The number of fused-ring (bicyclic) bond motifs is 2. The molecule has 7 heteroatoms. The maximum absolute atomic E-state index is 12.9. The lowest BCUT2D eigenvalue weighted by atomic mass is 10.2. The molecular formula is C21H18N4O3. The van der Waals surface area contributed by atoms with Gasteiger partial charge in [0.15, 0.2) is 11.5 Å². The van der Waals surface area contributed by atoms with Crippen LogP contribution in [0, 0.1) is 0 Å². The van der Waals surface area contributed by atoms with Gasteiger partial charge in [0.1, 0.15) is 17.8 Å². The second-order valence-electron chi connectivity index (χ2n) is 6.67. The SMILES string of the molecule is O=C(c1cc(NCc2ccc3c(c2)OCO3)ncn1)N1CCc2ccccc21. The fraction of sp³-hybridized carbons (Fsp3) is 0.190. The van der Waals surface area contributed by atoms with Crippen LogP contribution in [0.4, 0.5) is 11.5 Å². The first-order valence-electron chi connectivity index (χ1n) is 9.12. The molecule has 3 heterocycles. The zero-order valence-electron chi connectivity index (χ0n) is 15.1. The summed E-state index contributed by atoms with van der Waals surface area (Å²) < 4.78 is 10.7. The van der Waals surface area contributed by atoms with Crippen molar-refractivity contribution < 1.29 is 14.3 Å². The van der Waals surface area contributed by atoms with E-state index in [9.17, 15) is 4.79 Å². The predicted molar refractivity (Wildman–Crippen MR) is 104 cm³/mol. The Morgan fingerprint density at radius 3 is 2.93 bits per heavy atom. The first-order valence-corrected chi connectivity index (χ1v) is 9.12. The summed E-state index contributed by atoms with van der Waals surface area (Å²) in [6.45, 7) is 1.47. The van der Waals surface area contributed by atoms with Crippen LogP contribution in [0.25, 0.3) is 0 Å². The summed E-state index contributed by atoms with van der Waals surface area (Å²) in [5.74, 6) is 1.98. The number of para-hydroxylation sites is 1. The summed E-state index contributed by atoms with van der Waals surface area (Å²) in [7, 11) is 0. The monoisotopic (exact) mass is 374 g/mol. The molecule has 1 amide bonds. The molecular weight excluding hydrogens is 356 g/mol. The molecule has 0 aliphatic carbocycles. The van der Waals surface area contributed by atoms with E-state index < -0.39 is 0 Å². The predicted octanol–water partition coefficient (Wildman–Crippen LogP) is 3.02. The van der Waals surface area contributed by atoms with Crippen LogP contribution in [0.1, 0.15) is 21.6 Å². The number of benzene rings is 2. The summed E-state index contributed by atoms with van der Waals surface area (Å²) >= 11 is 0. The van der Waals surface area contributed by atoms with Gasteiger partial charge in [0.05, 0.1) is 0 Å². The van der Waals surface area contributed by atoms with Crippen molar-refractivity contribution in [3.8, 4) is 11.5 Å². The number of hydrogen-bond acceptors (Lipinski definition) is 6. The number of aromatic nitrogens is 2. The summed E-state index contributed by atoms with van der Waals surface area (Å²) in [6.07, 6.45) is 2.28. The second kappa shape index (κ2) is 6.84. The van der Waals surface area contributed by atoms with E-state index in [1.165, 1.54) is 11.9 Å². The van der Waals surface area contributed by atoms with Crippen molar-refractivity contribution in [2.75, 3.05) is 23.6 Å². The number of rotatable bonds is 4. The maximum Gasteiger partial charge on any atom is 0.277 e. The Bertz CT molecular complexity index is 1050. The van der Waals surface area contributed by atoms with E-state index >= 15 is 0 Å². The molecule has 0 spiro atoms. The molecule has 2 aromatic carbocycles. The van der Waals surface area contributed by atoms with E-state index in [-0.39, 0.29) is 12.7 Å². The minimum absolute atomic E-state index is 0.113. The Labute approximate surface area is 161 Å². The van der Waals surface area contributed by atoms with Gasteiger partial charge in [-0.3, -0.25) is 4.79 Å². The minimum atomic E-state index is -0.113. The van der Waals surface area contributed by atoms with Crippen LogP contribution in [-0.2, 0) is 13.0 Å². The van der Waals surface area contributed by atoms with Crippen LogP contribution >= 0.6 is 0 Å². The molecule has 0 saturated heterocycles. The number of amides is 1. The van der Waals surface area contributed by atoms with Crippen molar-refractivity contribution in [1.29, 1.82) is 0 Å². The average molecular weight is 374 g/mol. The minimum Gasteiger partial charge on any atom is -0.454 e. The normalized spacial score (nSPS) is 14.1. The van der Waals surface area contributed by atoms with Gasteiger partial charge in [-0.25, -0.2) is 9.97 Å². The molecule has 2 aliphatic rings. The average Bonchev–Trinajstić information content (AvgIpc) is 3.38. The highest BCUT2D eigenvalue weighted by Crippen LogP contribution is 2.32. The van der Waals surface area contributed by atoms with Crippen molar-refractivity contribution in [1.82, 2.24) is 9.97 Å². The highest BCUT2D eigenvalue weighted by molar-refractivity contribution is 6.06. The third-order valence-corrected chi connectivity index (χ3v) is 4.93. The molecule has 7 nitrogen and oxygen atoms in total. The van der Waals surface area contributed by atoms with Gasteiger partial charge < -0.3 is 19.7 Å². The van der Waals surface area contributed by atoms with Crippen LogP contribution in [0.2, 0.25) is 0 Å². The maximum atomic E-state index is 12.9. The van der Waals surface area contributed by atoms with E-state index in [0.717, 1.165) is 29.2 Å². The van der Waals surface area contributed by atoms with Crippen molar-refractivity contribution in [2.24, 2.45) is 0 Å². The van der Waals surface area contributed by atoms with Crippen LogP contribution in [-0.4, -0.2) is 29.2 Å². The molecule has 0 bridgehead atoms. The first-order chi connectivity index (χ1) is 13.8. The highest BCUT2D eigenvalue weighted by Gasteiger charge is 2.26. The zero-order valence-corrected chi connectivity index (χ0v) is 15.1. The van der Waals surface area contributed by atoms with Crippen molar-refractivity contribution in [2.45, 2.75) is 13.0 Å². The second-order valence-corrected chi connectivity index (χ2v) is 6.67. The van der Waals surface area contributed by atoms with Crippen molar-refractivity contribution in [3.05, 3.63) is 71.7 Å². The topological polar surface area (TPSA) is 76.6 Å². The highest BCUT2D eigenvalue weighted by atomic mass is 16.7. The number of ether oxygens (including phenoxy) is 2. The Hall–Kier alpha value is -3.61. The van der Waals surface area contributed by atoms with E-state index in [4.69, 9.17) is 9.47 Å². The van der Waals surface area contributed by atoms with Crippen LogP contribution in [0.15, 0.2) is 54.9 Å². The van der Waals surface area contributed by atoms with Gasteiger partial charge in [-0.2, -0.15) is 0 Å². The molecule has 0 fully saturated rings. The molecule has 3 aromatic rings. The summed E-state index contributed by atoms with van der Waals surface area (Å²) in [5, 5.41) is 3.24. The Morgan fingerprint density at radius 1 is 1.07 bits per heavy atom. The van der Waals surface area contributed by atoms with Crippen LogP contribution in [0.3, 0.4) is 0 Å². The summed E-state index contributed by atoms with van der Waals surface area (Å²) in [4.78, 5) is 23.1. The standard InChI is InChI=1S/C21H18N4O3/c26-21(25-8-7-15-3-1-2-4-17(15)25)16-10-20(24-12-23-16)22-11-14-5-6-18-19(9-14)28-13-27-18/h1-6,9-10,12H,7-8,11,13H2,(H,22,23,24). The molecule has 0 unspecified atom stereocenters. The molecule has 0 atom stereocenters. The van der Waals surface area contributed by atoms with Gasteiger partial charge in [-0.1, -0.05) is 24.3 Å². The lowest BCUT2D eigenvalue weighted by Gasteiger charge is -2.17. The summed E-state index contributed by atoms with van der Waals surface area (Å²) in [5.41, 5.74) is 3.55. The molecule has 0 saturated carbocycles. The van der Waals surface area contributed by atoms with Gasteiger partial charge in [0, 0.05) is 24.8 Å². The van der Waals surface area contributed by atoms with E-state index in [1.54, 1.807) is 11.0 Å². The fourth-order valence-electron chi connectivity index (χ4n) is 3.50. The van der Waals surface area contributed by atoms with Crippen molar-refractivity contribution >= 4 is 17.4 Å². The Balaban J connectivity index is 1.31. The Morgan fingerprint density at radius 2 is 1.96 bits per heavy atom. The number of carbonyl (C=O) groups is 1. The molecule has 1 N–H and O–H groups in total. The molecule has 2 aliphatic heterocycles. The molecule has 140 valence electrons. The number of nitrogens with zero attached hydrogens (tertiary/aromatic N) is 3. The van der Waals surface area contributed by atoms with E-state index in [1.807, 2.05) is 36.4 Å². The smallest absolute Gasteiger partial charge is 0.277 e. The third-order valence-electron chi connectivity index (χ3n) is 4.93. The zero-order chi connectivity index (χ0) is 18.9. The molecule has 28 heavy (non-hydrogen) atoms. The van der Waals surface area contributed by atoms with Crippen LogP contribution < -0.4 is 19.7 Å². The number of anilines is 2. The third kappa shape index (κ3) is 3.00. The van der Waals surface area contributed by atoms with E-state index in [2.05, 4.69) is 21.4 Å². The van der Waals surface area contributed by atoms with Crippen LogP contribution in [0.5, 0.6) is 11.5 Å². The molecule has 1 aromatic heterocycles. The quantitative estimate of drug-likeness (QED) is 0.757. The Kier molecular flexibility index (Phi) is 4.05. The van der Waals surface area contributed by atoms with E-state index in [0.29, 0.717) is 24.6 Å². The van der Waals surface area contributed by atoms with Gasteiger partial charge in [0.2, 0.25) is 6.79 Å². The first kappa shape index (κ1) is 16.6. The number of carbonyl (C=O) groups excluding carboxylic acids is 1. The van der Waals surface area contributed by atoms with Gasteiger partial charge in [0.25, 0.3) is 5.91 Å². The molecule has 0 radical (unpaired) electrons. The number of hydrogen-bond donors (Lipinski definition) is 1. The fourth-order valence-corrected chi connectivity index (χ4v) is 3.50. The van der Waals surface area contributed by atoms with Crippen molar-refractivity contribution in [3.63, 3.8) is 0 Å². The number of nitrogens with one attached hydrogen (secondary N) is 1. The van der Waals surface area contributed by atoms with Gasteiger partial charge in [-0.05, 0) is 35.7 Å². The lowest BCUT2D eigenvalue weighted by Crippen LogP contribution is -2.29. The summed E-state index contributed by atoms with van der Waals surface area (Å²) in [6, 6.07) is 15.5. The van der Waals surface area contributed by atoms with Gasteiger partial charge >= 0.3 is 0 Å². The lowest BCUT2D eigenvalue weighted by molar-refractivity contribution is 0.0984. The van der Waals surface area contributed by atoms with Gasteiger partial charge in [-0.15, -0.1) is 0 Å². The largest absolute Gasteiger partial charge is 0.454 e.